The largest absolute Gasteiger partial charge is 0.370 e. The molecule has 0 amide bonds. The molecule has 0 bridgehead atoms. The second kappa shape index (κ2) is 6.79. The zero-order valence-electron chi connectivity index (χ0n) is 11.6. The SMILES string of the molecule is CCCc1cc(NCC)nc(-c2cc(F)cc(Br)c2)n1. The Morgan fingerprint density at radius 1 is 1.15 bits per heavy atom. The molecule has 0 radical (unpaired) electrons. The van der Waals surface area contributed by atoms with Crippen LogP contribution in [0.15, 0.2) is 28.7 Å². The van der Waals surface area contributed by atoms with Gasteiger partial charge in [0.1, 0.15) is 11.6 Å². The average molecular weight is 338 g/mol. The lowest BCUT2D eigenvalue weighted by Crippen LogP contribution is -2.04. The smallest absolute Gasteiger partial charge is 0.161 e. The molecular weight excluding hydrogens is 321 g/mol. The molecular formula is C15H17BrFN3. The van der Waals surface area contributed by atoms with Crippen molar-refractivity contribution in [2.45, 2.75) is 26.7 Å². The van der Waals surface area contributed by atoms with E-state index in [1.807, 2.05) is 19.1 Å². The first-order valence-electron chi connectivity index (χ1n) is 6.70. The molecule has 0 aliphatic carbocycles. The van der Waals surface area contributed by atoms with Crippen LogP contribution in [0.4, 0.5) is 10.2 Å². The minimum absolute atomic E-state index is 0.302. The van der Waals surface area contributed by atoms with E-state index >= 15 is 0 Å². The van der Waals surface area contributed by atoms with Crippen molar-refractivity contribution in [3.8, 4) is 11.4 Å². The van der Waals surface area contributed by atoms with Crippen LogP contribution < -0.4 is 5.32 Å². The zero-order valence-corrected chi connectivity index (χ0v) is 13.2. The summed E-state index contributed by atoms with van der Waals surface area (Å²) >= 11 is 3.30. The summed E-state index contributed by atoms with van der Waals surface area (Å²) < 4.78 is 14.2. The first kappa shape index (κ1) is 14.9. The van der Waals surface area contributed by atoms with Crippen molar-refractivity contribution in [1.29, 1.82) is 0 Å². The van der Waals surface area contributed by atoms with Gasteiger partial charge in [-0.1, -0.05) is 29.3 Å². The van der Waals surface area contributed by atoms with E-state index < -0.39 is 0 Å². The van der Waals surface area contributed by atoms with Crippen molar-refractivity contribution in [2.75, 3.05) is 11.9 Å². The number of nitrogens with zero attached hydrogens (tertiary/aromatic N) is 2. The van der Waals surface area contributed by atoms with Crippen LogP contribution in [0.5, 0.6) is 0 Å². The Morgan fingerprint density at radius 3 is 2.60 bits per heavy atom. The summed E-state index contributed by atoms with van der Waals surface area (Å²) in [5.74, 6) is 1.03. The van der Waals surface area contributed by atoms with Gasteiger partial charge in [-0.15, -0.1) is 0 Å². The van der Waals surface area contributed by atoms with Crippen LogP contribution in [0.2, 0.25) is 0 Å². The van der Waals surface area contributed by atoms with E-state index in [1.54, 1.807) is 0 Å². The van der Waals surface area contributed by atoms with Crippen molar-refractivity contribution < 1.29 is 4.39 Å². The summed E-state index contributed by atoms with van der Waals surface area (Å²) in [6, 6.07) is 6.64. The molecule has 0 saturated heterocycles. The monoisotopic (exact) mass is 337 g/mol. The molecule has 106 valence electrons. The fourth-order valence-electron chi connectivity index (χ4n) is 1.97. The van der Waals surface area contributed by atoms with Crippen LogP contribution in [0, 0.1) is 5.82 Å². The second-order valence-electron chi connectivity index (χ2n) is 4.51. The lowest BCUT2D eigenvalue weighted by atomic mass is 10.2. The number of nitrogens with one attached hydrogen (secondary N) is 1. The van der Waals surface area contributed by atoms with Gasteiger partial charge in [-0.25, -0.2) is 14.4 Å². The third kappa shape index (κ3) is 3.76. The number of aryl methyl sites for hydroxylation is 1. The Bertz CT molecular complexity index is 557. The van der Waals surface area contributed by atoms with E-state index in [1.165, 1.54) is 12.1 Å². The van der Waals surface area contributed by atoms with Gasteiger partial charge in [-0.2, -0.15) is 0 Å². The van der Waals surface area contributed by atoms with E-state index in [4.69, 9.17) is 0 Å². The molecule has 1 heterocycles. The maximum atomic E-state index is 13.5. The number of halogens is 2. The number of rotatable bonds is 5. The predicted octanol–water partition coefficient (Wildman–Crippen LogP) is 4.43. The fraction of sp³-hybridized carbons (Fsp3) is 0.333. The standard InChI is InChI=1S/C15H17BrFN3/c1-3-5-13-9-14(18-4-2)20-15(19-13)10-6-11(16)8-12(17)7-10/h6-9H,3-5H2,1-2H3,(H,18,19,20). The molecule has 1 aromatic carbocycles. The Hall–Kier alpha value is -1.49. The summed E-state index contributed by atoms with van der Waals surface area (Å²) in [6.45, 7) is 4.91. The summed E-state index contributed by atoms with van der Waals surface area (Å²) in [5.41, 5.74) is 1.64. The van der Waals surface area contributed by atoms with E-state index in [0.29, 0.717) is 15.9 Å². The van der Waals surface area contributed by atoms with Gasteiger partial charge in [0.05, 0.1) is 0 Å². The van der Waals surface area contributed by atoms with Crippen molar-refractivity contribution in [2.24, 2.45) is 0 Å². The lowest BCUT2D eigenvalue weighted by molar-refractivity contribution is 0.627. The Balaban J connectivity index is 2.48. The van der Waals surface area contributed by atoms with Crippen molar-refractivity contribution in [1.82, 2.24) is 9.97 Å². The third-order valence-corrected chi connectivity index (χ3v) is 3.22. The first-order chi connectivity index (χ1) is 9.62. The molecule has 20 heavy (non-hydrogen) atoms. The normalized spacial score (nSPS) is 10.6. The maximum Gasteiger partial charge on any atom is 0.161 e. The van der Waals surface area contributed by atoms with Crippen LogP contribution in [-0.2, 0) is 6.42 Å². The average Bonchev–Trinajstić information content (AvgIpc) is 2.38. The highest BCUT2D eigenvalue weighted by Gasteiger charge is 2.08. The van der Waals surface area contributed by atoms with Crippen molar-refractivity contribution >= 4 is 21.7 Å². The van der Waals surface area contributed by atoms with Gasteiger partial charge in [-0.05, 0) is 31.5 Å². The van der Waals surface area contributed by atoms with Crippen LogP contribution in [0.25, 0.3) is 11.4 Å². The van der Waals surface area contributed by atoms with E-state index in [-0.39, 0.29) is 5.82 Å². The van der Waals surface area contributed by atoms with Crippen LogP contribution in [0.3, 0.4) is 0 Å². The Morgan fingerprint density at radius 2 is 1.95 bits per heavy atom. The molecule has 3 nitrogen and oxygen atoms in total. The lowest BCUT2D eigenvalue weighted by Gasteiger charge is -2.09. The van der Waals surface area contributed by atoms with Crippen LogP contribution in [0.1, 0.15) is 26.0 Å². The first-order valence-corrected chi connectivity index (χ1v) is 7.50. The molecule has 0 spiro atoms. The molecule has 0 aliphatic rings. The van der Waals surface area contributed by atoms with Crippen LogP contribution >= 0.6 is 15.9 Å². The number of anilines is 1. The molecule has 2 rings (SSSR count). The summed E-state index contributed by atoms with van der Waals surface area (Å²) in [7, 11) is 0. The maximum absolute atomic E-state index is 13.5. The molecule has 2 aromatic rings. The Labute approximate surface area is 126 Å². The van der Waals surface area contributed by atoms with Gasteiger partial charge < -0.3 is 5.32 Å². The molecule has 1 N–H and O–H groups in total. The molecule has 0 unspecified atom stereocenters. The minimum atomic E-state index is -0.302. The van der Waals surface area contributed by atoms with Gasteiger partial charge in [-0.3, -0.25) is 0 Å². The summed E-state index contributed by atoms with van der Waals surface area (Å²) in [4.78, 5) is 8.97. The molecule has 0 aliphatic heterocycles. The summed E-state index contributed by atoms with van der Waals surface area (Å²) in [5, 5.41) is 3.19. The minimum Gasteiger partial charge on any atom is -0.370 e. The van der Waals surface area contributed by atoms with Crippen molar-refractivity contribution in [3.63, 3.8) is 0 Å². The van der Waals surface area contributed by atoms with Gasteiger partial charge in [0.2, 0.25) is 0 Å². The number of benzene rings is 1. The third-order valence-electron chi connectivity index (χ3n) is 2.76. The quantitative estimate of drug-likeness (QED) is 0.876. The molecule has 5 heteroatoms. The Kier molecular flexibility index (Phi) is 5.06. The number of hydrogen-bond donors (Lipinski definition) is 1. The van der Waals surface area contributed by atoms with Gasteiger partial charge in [0.25, 0.3) is 0 Å². The number of aromatic nitrogens is 2. The van der Waals surface area contributed by atoms with Gasteiger partial charge >= 0.3 is 0 Å². The predicted molar refractivity (Wildman–Crippen MR) is 83.3 cm³/mol. The molecule has 0 atom stereocenters. The molecule has 0 saturated carbocycles. The highest BCUT2D eigenvalue weighted by atomic mass is 79.9. The fourth-order valence-corrected chi connectivity index (χ4v) is 2.43. The van der Waals surface area contributed by atoms with Gasteiger partial charge in [0.15, 0.2) is 5.82 Å². The number of hydrogen-bond acceptors (Lipinski definition) is 3. The van der Waals surface area contributed by atoms with E-state index in [0.717, 1.165) is 30.9 Å². The van der Waals surface area contributed by atoms with Gasteiger partial charge in [0, 0.05) is 28.3 Å². The highest BCUT2D eigenvalue weighted by Crippen LogP contribution is 2.23. The second-order valence-corrected chi connectivity index (χ2v) is 5.42. The topological polar surface area (TPSA) is 37.8 Å². The highest BCUT2D eigenvalue weighted by molar-refractivity contribution is 9.10. The van der Waals surface area contributed by atoms with Crippen molar-refractivity contribution in [3.05, 3.63) is 40.2 Å². The molecule has 1 aromatic heterocycles. The van der Waals surface area contributed by atoms with E-state index in [9.17, 15) is 4.39 Å². The van der Waals surface area contributed by atoms with Crippen LogP contribution in [-0.4, -0.2) is 16.5 Å². The zero-order chi connectivity index (χ0) is 14.5. The molecule has 0 fully saturated rings. The van der Waals surface area contributed by atoms with E-state index in [2.05, 4.69) is 38.1 Å². The summed E-state index contributed by atoms with van der Waals surface area (Å²) in [6.07, 6.45) is 1.89.